The first-order valence-electron chi connectivity index (χ1n) is 12.6. The van der Waals surface area contributed by atoms with Crippen LogP contribution < -0.4 is 9.62 Å². The number of anilines is 2. The fourth-order valence-corrected chi connectivity index (χ4v) is 6.03. The minimum atomic E-state index is -3.72. The van der Waals surface area contributed by atoms with Gasteiger partial charge in [0.25, 0.3) is 10.0 Å². The lowest BCUT2D eigenvalue weighted by Crippen LogP contribution is -2.47. The van der Waals surface area contributed by atoms with Crippen molar-refractivity contribution in [2.75, 3.05) is 42.3 Å². The van der Waals surface area contributed by atoms with Gasteiger partial charge < -0.3 is 9.88 Å². The highest BCUT2D eigenvalue weighted by atomic mass is 32.2. The zero-order valence-corrected chi connectivity index (χ0v) is 21.8. The highest BCUT2D eigenvalue weighted by molar-refractivity contribution is 7.92. The molecule has 0 amide bonds. The van der Waals surface area contributed by atoms with E-state index in [4.69, 9.17) is 0 Å². The molecule has 5 aromatic rings. The molecule has 0 atom stereocenters. The van der Waals surface area contributed by atoms with Crippen molar-refractivity contribution in [1.29, 1.82) is 0 Å². The predicted octanol–water partition coefficient (Wildman–Crippen LogP) is 4.55. The molecule has 3 heterocycles. The van der Waals surface area contributed by atoms with E-state index >= 15 is 0 Å². The molecule has 8 nitrogen and oxygen atoms in total. The van der Waals surface area contributed by atoms with Crippen LogP contribution in [0.1, 0.15) is 5.56 Å². The number of sulfonamides is 1. The molecule has 0 spiro atoms. The van der Waals surface area contributed by atoms with Crippen molar-refractivity contribution in [3.05, 3.63) is 90.3 Å². The maximum atomic E-state index is 13.5. The van der Waals surface area contributed by atoms with E-state index in [0.29, 0.717) is 12.1 Å². The number of hydrogen-bond donors (Lipinski definition) is 2. The van der Waals surface area contributed by atoms with E-state index in [0.717, 1.165) is 66.0 Å². The Morgan fingerprint density at radius 2 is 1.69 bits per heavy atom. The number of nitrogens with zero attached hydrogens (tertiary/aromatic N) is 4. The number of hydrogen-bond acceptors (Lipinski definition) is 6. The number of rotatable bonds is 7. The summed E-state index contributed by atoms with van der Waals surface area (Å²) in [5.41, 5.74) is 3.57. The zero-order valence-electron chi connectivity index (χ0n) is 20.9. The molecule has 2 aromatic heterocycles. The van der Waals surface area contributed by atoms with E-state index in [-0.39, 0.29) is 4.90 Å². The zero-order chi connectivity index (χ0) is 27.0. The van der Waals surface area contributed by atoms with Crippen LogP contribution in [0.4, 0.5) is 20.3 Å². The van der Waals surface area contributed by atoms with Gasteiger partial charge in [-0.05, 0) is 54.4 Å². The van der Waals surface area contributed by atoms with Crippen LogP contribution >= 0.6 is 0 Å². The highest BCUT2D eigenvalue weighted by Gasteiger charge is 2.22. The summed E-state index contributed by atoms with van der Waals surface area (Å²) in [5, 5.41) is 0.798. The lowest BCUT2D eigenvalue weighted by atomic mass is 10.1. The van der Waals surface area contributed by atoms with Gasteiger partial charge in [0.2, 0.25) is 0 Å². The van der Waals surface area contributed by atoms with E-state index < -0.39 is 21.7 Å². The van der Waals surface area contributed by atoms with Crippen LogP contribution in [-0.2, 0) is 16.4 Å². The summed E-state index contributed by atoms with van der Waals surface area (Å²) < 4.78 is 55.0. The Bertz CT molecular complexity index is 1750. The molecule has 6 rings (SSSR count). The molecule has 11 heteroatoms. The van der Waals surface area contributed by atoms with Crippen molar-refractivity contribution < 1.29 is 17.2 Å². The fraction of sp³-hybridized carbons (Fsp3) is 0.214. The molecule has 3 aromatic carbocycles. The number of aromatic amines is 1. The molecule has 0 saturated carbocycles. The Kier molecular flexibility index (Phi) is 6.61. The van der Waals surface area contributed by atoms with Crippen molar-refractivity contribution >= 4 is 43.5 Å². The molecule has 0 radical (unpaired) electrons. The predicted molar refractivity (Wildman–Crippen MR) is 147 cm³/mol. The largest absolute Gasteiger partial charge is 0.352 e. The second-order valence-corrected chi connectivity index (χ2v) is 11.2. The minimum Gasteiger partial charge on any atom is -0.352 e. The summed E-state index contributed by atoms with van der Waals surface area (Å²) in [7, 11) is -3.72. The van der Waals surface area contributed by atoms with Gasteiger partial charge in [0.05, 0.1) is 4.90 Å². The maximum Gasteiger partial charge on any atom is 0.261 e. The average Bonchev–Trinajstić information content (AvgIpc) is 3.32. The van der Waals surface area contributed by atoms with E-state index in [9.17, 15) is 17.2 Å². The van der Waals surface area contributed by atoms with Gasteiger partial charge >= 0.3 is 0 Å². The molecule has 1 saturated heterocycles. The van der Waals surface area contributed by atoms with Crippen molar-refractivity contribution in [3.8, 4) is 0 Å². The minimum absolute atomic E-state index is 0.192. The first-order valence-corrected chi connectivity index (χ1v) is 14.1. The van der Waals surface area contributed by atoms with Gasteiger partial charge in [-0.15, -0.1) is 0 Å². The topological polar surface area (TPSA) is 94.2 Å². The Morgan fingerprint density at radius 1 is 0.897 bits per heavy atom. The van der Waals surface area contributed by atoms with Crippen molar-refractivity contribution in [2.24, 2.45) is 0 Å². The third-order valence-corrected chi connectivity index (χ3v) is 8.44. The molecule has 1 fully saturated rings. The first kappa shape index (κ1) is 25.2. The average molecular weight is 549 g/mol. The summed E-state index contributed by atoms with van der Waals surface area (Å²) in [6.45, 7) is 3.87. The number of halogens is 2. The highest BCUT2D eigenvalue weighted by Crippen LogP contribution is 2.32. The van der Waals surface area contributed by atoms with Crippen molar-refractivity contribution in [1.82, 2.24) is 19.9 Å². The fourth-order valence-electron chi connectivity index (χ4n) is 4.96. The lowest BCUT2D eigenvalue weighted by molar-refractivity contribution is 0.260. The quantitative estimate of drug-likeness (QED) is 0.310. The molecular weight excluding hydrogens is 522 g/mol. The van der Waals surface area contributed by atoms with Gasteiger partial charge in [-0.25, -0.2) is 27.2 Å². The lowest BCUT2D eigenvalue weighted by Gasteiger charge is -2.35. The van der Waals surface area contributed by atoms with Crippen LogP contribution in [0.15, 0.2) is 78.0 Å². The molecular formula is C28H26F2N6O2S. The Balaban J connectivity index is 1.18. The van der Waals surface area contributed by atoms with Crippen molar-refractivity contribution in [3.63, 3.8) is 0 Å². The summed E-state index contributed by atoms with van der Waals surface area (Å²) in [5.74, 6) is -0.850. The number of nitrogens with one attached hydrogen (secondary N) is 2. The second kappa shape index (κ2) is 10.2. The second-order valence-electron chi connectivity index (χ2n) is 9.55. The SMILES string of the molecule is O=S(=O)(Nc1ccc2[nH]c3c(N4CCN(CCc5ccc(F)c(F)c5)CC4)ncnc3c2c1)c1ccccc1. The van der Waals surface area contributed by atoms with Gasteiger partial charge in [0.1, 0.15) is 17.4 Å². The number of piperazine rings is 1. The van der Waals surface area contributed by atoms with E-state index in [2.05, 4.69) is 29.5 Å². The van der Waals surface area contributed by atoms with Crippen LogP contribution in [0.2, 0.25) is 0 Å². The number of H-pyrrole nitrogens is 1. The third kappa shape index (κ3) is 5.15. The maximum absolute atomic E-state index is 13.5. The summed E-state index contributed by atoms with van der Waals surface area (Å²) >= 11 is 0. The van der Waals surface area contributed by atoms with Crippen LogP contribution in [0.25, 0.3) is 21.9 Å². The molecule has 0 aliphatic carbocycles. The van der Waals surface area contributed by atoms with Gasteiger partial charge in [0, 0.05) is 49.3 Å². The smallest absolute Gasteiger partial charge is 0.261 e. The van der Waals surface area contributed by atoms with Gasteiger partial charge in [-0.3, -0.25) is 9.62 Å². The van der Waals surface area contributed by atoms with Crippen LogP contribution in [0, 0.1) is 11.6 Å². The van der Waals surface area contributed by atoms with Gasteiger partial charge in [0.15, 0.2) is 17.5 Å². The van der Waals surface area contributed by atoms with E-state index in [1.54, 1.807) is 48.5 Å². The number of fused-ring (bicyclic) bond motifs is 3. The molecule has 39 heavy (non-hydrogen) atoms. The van der Waals surface area contributed by atoms with Crippen LogP contribution in [0.5, 0.6) is 0 Å². The van der Waals surface area contributed by atoms with E-state index in [1.165, 1.54) is 18.5 Å². The van der Waals surface area contributed by atoms with Crippen LogP contribution in [-0.4, -0.2) is 61.0 Å². The summed E-state index contributed by atoms with van der Waals surface area (Å²) in [6, 6.07) is 17.6. The van der Waals surface area contributed by atoms with E-state index in [1.807, 2.05) is 6.07 Å². The van der Waals surface area contributed by atoms with Gasteiger partial charge in [-0.1, -0.05) is 24.3 Å². The Hall–Kier alpha value is -4.09. The van der Waals surface area contributed by atoms with Crippen molar-refractivity contribution in [2.45, 2.75) is 11.3 Å². The molecule has 0 bridgehead atoms. The normalized spacial score (nSPS) is 14.8. The number of benzene rings is 3. The first-order chi connectivity index (χ1) is 18.9. The number of aromatic nitrogens is 3. The molecule has 0 unspecified atom stereocenters. The molecule has 1 aliphatic heterocycles. The van der Waals surface area contributed by atoms with Gasteiger partial charge in [-0.2, -0.15) is 0 Å². The summed E-state index contributed by atoms with van der Waals surface area (Å²) in [4.78, 5) is 17.2. The Labute approximate surface area is 224 Å². The third-order valence-electron chi connectivity index (χ3n) is 7.04. The van der Waals surface area contributed by atoms with Crippen LogP contribution in [0.3, 0.4) is 0 Å². The molecule has 200 valence electrons. The molecule has 1 aliphatic rings. The standard InChI is InChI=1S/C28H26F2N6O2S/c29-23-8-6-19(16-24(23)30)10-11-35-12-14-36(15-13-35)28-27-26(31-18-32-28)22-17-20(7-9-25(22)33-27)34-39(37,38)21-4-2-1-3-5-21/h1-9,16-18,33-34H,10-15H2. The summed E-state index contributed by atoms with van der Waals surface area (Å²) in [6.07, 6.45) is 2.18. The Morgan fingerprint density at radius 3 is 2.46 bits per heavy atom. The molecule has 2 N–H and O–H groups in total. The monoisotopic (exact) mass is 548 g/mol.